The number of hydrogen-bond donors (Lipinski definition) is 3. The van der Waals surface area contributed by atoms with Gasteiger partial charge in [-0.1, -0.05) is 17.7 Å². The molecule has 1 aromatic carbocycles. The summed E-state index contributed by atoms with van der Waals surface area (Å²) in [4.78, 5) is 22.2. The Morgan fingerprint density at radius 2 is 2.11 bits per heavy atom. The Balaban J connectivity index is 2.08. The van der Waals surface area contributed by atoms with Crippen molar-refractivity contribution < 1.29 is 14.7 Å². The Hall–Kier alpha value is -1.59. The fraction of sp³-hybridized carbons (Fsp3) is 0.385. The second kappa shape index (κ2) is 5.19. The lowest BCUT2D eigenvalue weighted by Gasteiger charge is -2.38. The maximum atomic E-state index is 11.2. The van der Waals surface area contributed by atoms with Gasteiger partial charge in [-0.05, 0) is 37.0 Å². The Labute approximate surface area is 115 Å². The molecule has 19 heavy (non-hydrogen) atoms. The highest BCUT2D eigenvalue weighted by atomic mass is 35.5. The van der Waals surface area contributed by atoms with Gasteiger partial charge in [0.1, 0.15) is 5.54 Å². The van der Waals surface area contributed by atoms with Crippen molar-refractivity contribution in [3.63, 3.8) is 0 Å². The molecule has 1 aliphatic carbocycles. The third kappa shape index (κ3) is 2.72. The molecule has 1 fully saturated rings. The number of carboxylic acid groups (broad SMARTS) is 1. The lowest BCUT2D eigenvalue weighted by molar-refractivity contribution is -0.148. The van der Waals surface area contributed by atoms with E-state index in [2.05, 4.69) is 5.32 Å². The van der Waals surface area contributed by atoms with Crippen molar-refractivity contribution in [2.75, 3.05) is 0 Å². The van der Waals surface area contributed by atoms with Crippen LogP contribution in [0.25, 0.3) is 0 Å². The number of aliphatic carboxylic acids is 1. The molecule has 0 saturated heterocycles. The van der Waals surface area contributed by atoms with Crippen LogP contribution in [0, 0.1) is 0 Å². The molecule has 4 N–H and O–H groups in total. The molecule has 1 saturated carbocycles. The summed E-state index contributed by atoms with van der Waals surface area (Å²) < 4.78 is 0. The molecule has 1 amide bonds. The molecule has 0 bridgehead atoms. The van der Waals surface area contributed by atoms with E-state index in [4.69, 9.17) is 17.3 Å². The van der Waals surface area contributed by atoms with E-state index >= 15 is 0 Å². The maximum Gasteiger partial charge on any atom is 0.323 e. The molecule has 0 aromatic heterocycles. The van der Waals surface area contributed by atoms with Crippen molar-refractivity contribution in [2.24, 2.45) is 5.73 Å². The van der Waals surface area contributed by atoms with Gasteiger partial charge in [-0.2, -0.15) is 0 Å². The fourth-order valence-corrected chi connectivity index (χ4v) is 2.35. The summed E-state index contributed by atoms with van der Waals surface area (Å²) in [5.74, 6) is -1.37. The number of carbonyl (C=O) groups is 2. The molecule has 0 heterocycles. The number of halogens is 1. The Bertz CT molecular complexity index is 527. The largest absolute Gasteiger partial charge is 0.480 e. The van der Waals surface area contributed by atoms with Crippen molar-refractivity contribution in [3.05, 3.63) is 34.3 Å². The van der Waals surface area contributed by atoms with E-state index in [0.717, 1.165) is 12.0 Å². The van der Waals surface area contributed by atoms with E-state index < -0.39 is 17.4 Å². The fourth-order valence-electron chi connectivity index (χ4n) is 2.10. The minimum Gasteiger partial charge on any atom is -0.480 e. The minimum atomic E-state index is -0.830. The van der Waals surface area contributed by atoms with Gasteiger partial charge in [0.15, 0.2) is 0 Å². The number of nitrogens with two attached hydrogens (primary N) is 1. The van der Waals surface area contributed by atoms with Crippen LogP contribution in [0.3, 0.4) is 0 Å². The quantitative estimate of drug-likeness (QED) is 0.764. The van der Waals surface area contributed by atoms with Crippen molar-refractivity contribution >= 4 is 23.5 Å². The van der Waals surface area contributed by atoms with Gasteiger partial charge in [0.25, 0.3) is 0 Å². The van der Waals surface area contributed by atoms with Crippen molar-refractivity contribution in [3.8, 4) is 0 Å². The van der Waals surface area contributed by atoms with Crippen LogP contribution in [0.15, 0.2) is 18.2 Å². The number of carboxylic acids is 1. The third-order valence-electron chi connectivity index (χ3n) is 3.57. The molecule has 1 aromatic rings. The van der Waals surface area contributed by atoms with Gasteiger partial charge in [-0.3, -0.25) is 14.9 Å². The lowest BCUT2D eigenvalue weighted by atomic mass is 9.76. The van der Waals surface area contributed by atoms with Gasteiger partial charge in [0.05, 0.1) is 0 Å². The van der Waals surface area contributed by atoms with Crippen molar-refractivity contribution in [1.29, 1.82) is 0 Å². The summed E-state index contributed by atoms with van der Waals surface area (Å²) in [6.07, 6.45) is 2.16. The minimum absolute atomic E-state index is 0.338. The predicted molar refractivity (Wildman–Crippen MR) is 71.0 cm³/mol. The molecule has 6 heteroatoms. The molecule has 102 valence electrons. The van der Waals surface area contributed by atoms with Crippen LogP contribution >= 0.6 is 11.6 Å². The van der Waals surface area contributed by atoms with Crippen LogP contribution in [0.2, 0.25) is 5.02 Å². The monoisotopic (exact) mass is 282 g/mol. The first-order chi connectivity index (χ1) is 8.94. The Morgan fingerprint density at radius 1 is 1.42 bits per heavy atom. The van der Waals surface area contributed by atoms with Gasteiger partial charge in [0.2, 0.25) is 5.91 Å². The molecular weight excluding hydrogens is 268 g/mol. The van der Waals surface area contributed by atoms with E-state index in [-0.39, 0.29) is 0 Å². The van der Waals surface area contributed by atoms with Gasteiger partial charge in [-0.25, -0.2) is 0 Å². The van der Waals surface area contributed by atoms with E-state index in [9.17, 15) is 14.7 Å². The van der Waals surface area contributed by atoms with Crippen LogP contribution in [0.4, 0.5) is 0 Å². The third-order valence-corrected chi connectivity index (χ3v) is 3.92. The zero-order valence-electron chi connectivity index (χ0n) is 10.3. The molecule has 0 atom stereocenters. The van der Waals surface area contributed by atoms with E-state index in [1.54, 1.807) is 12.1 Å². The van der Waals surface area contributed by atoms with Crippen LogP contribution in [0.5, 0.6) is 0 Å². The summed E-state index contributed by atoms with van der Waals surface area (Å²) in [5, 5.41) is 12.6. The predicted octanol–water partition coefficient (Wildman–Crippen LogP) is 1.54. The normalized spacial score (nSPS) is 16.7. The van der Waals surface area contributed by atoms with Crippen LogP contribution in [-0.4, -0.2) is 22.5 Å². The van der Waals surface area contributed by atoms with Gasteiger partial charge in [-0.15, -0.1) is 0 Å². The number of carbonyl (C=O) groups excluding carboxylic acids is 1. The van der Waals surface area contributed by atoms with Gasteiger partial charge < -0.3 is 10.8 Å². The molecule has 1 aliphatic rings. The zero-order chi connectivity index (χ0) is 14.0. The van der Waals surface area contributed by atoms with Crippen molar-refractivity contribution in [2.45, 2.75) is 31.3 Å². The maximum absolute atomic E-state index is 11.2. The first-order valence-electron chi connectivity index (χ1n) is 6.01. The lowest BCUT2D eigenvalue weighted by Crippen LogP contribution is -2.56. The summed E-state index contributed by atoms with van der Waals surface area (Å²) in [6.45, 7) is 0.351. The SMILES string of the molecule is NC(=O)c1ccc(CNC2(C(=O)O)CCC2)c(Cl)c1. The summed E-state index contributed by atoms with van der Waals surface area (Å²) in [7, 11) is 0. The molecule has 0 spiro atoms. The number of rotatable bonds is 5. The average molecular weight is 283 g/mol. The van der Waals surface area contributed by atoms with Crippen LogP contribution in [-0.2, 0) is 11.3 Å². The zero-order valence-corrected chi connectivity index (χ0v) is 11.0. The second-order valence-electron chi connectivity index (χ2n) is 4.76. The standard InChI is InChI=1S/C13H15ClN2O3/c14-10-6-8(11(15)17)2-3-9(10)7-16-13(12(18)19)4-1-5-13/h2-3,6,16H,1,4-5,7H2,(H2,15,17)(H,18,19). The topological polar surface area (TPSA) is 92.4 Å². The second-order valence-corrected chi connectivity index (χ2v) is 5.17. The average Bonchev–Trinajstić information content (AvgIpc) is 2.28. The molecular formula is C13H15ClN2O3. The Kier molecular flexibility index (Phi) is 3.78. The highest BCUT2D eigenvalue weighted by Crippen LogP contribution is 2.32. The molecule has 5 nitrogen and oxygen atoms in total. The number of primary amides is 1. The summed E-state index contributed by atoms with van der Waals surface area (Å²) >= 11 is 6.05. The number of hydrogen-bond acceptors (Lipinski definition) is 3. The first kappa shape index (κ1) is 13.8. The van der Waals surface area contributed by atoms with Crippen LogP contribution in [0.1, 0.15) is 35.2 Å². The van der Waals surface area contributed by atoms with Gasteiger partial charge in [0, 0.05) is 17.1 Å². The number of nitrogens with one attached hydrogen (secondary N) is 1. The molecule has 2 rings (SSSR count). The molecule has 0 radical (unpaired) electrons. The Morgan fingerprint density at radius 3 is 2.53 bits per heavy atom. The number of benzene rings is 1. The highest BCUT2D eigenvalue weighted by molar-refractivity contribution is 6.31. The number of amides is 1. The smallest absolute Gasteiger partial charge is 0.323 e. The van der Waals surface area contributed by atoms with E-state index in [1.165, 1.54) is 6.07 Å². The molecule has 0 aliphatic heterocycles. The van der Waals surface area contributed by atoms with Crippen LogP contribution < -0.4 is 11.1 Å². The summed E-state index contributed by atoms with van der Waals surface area (Å²) in [6, 6.07) is 4.76. The van der Waals surface area contributed by atoms with Gasteiger partial charge >= 0.3 is 5.97 Å². The summed E-state index contributed by atoms with van der Waals surface area (Å²) in [5.41, 5.74) is 5.42. The van der Waals surface area contributed by atoms with E-state index in [0.29, 0.717) is 30.0 Å². The first-order valence-corrected chi connectivity index (χ1v) is 6.39. The molecule has 0 unspecified atom stereocenters. The van der Waals surface area contributed by atoms with Crippen molar-refractivity contribution in [1.82, 2.24) is 5.32 Å². The highest BCUT2D eigenvalue weighted by Gasteiger charge is 2.43. The van der Waals surface area contributed by atoms with E-state index in [1.807, 2.05) is 0 Å².